The van der Waals surface area contributed by atoms with Crippen molar-refractivity contribution in [3.8, 4) is 6.07 Å². The van der Waals surface area contributed by atoms with Gasteiger partial charge in [-0.25, -0.2) is 0 Å². The second kappa shape index (κ2) is 5.83. The molecular weight excluding hydrogens is 230 g/mol. The zero-order valence-electron chi connectivity index (χ0n) is 11.0. The fraction of sp³-hybridized carbons (Fsp3) is 0.750. The Morgan fingerprint density at radius 2 is 2.11 bits per heavy atom. The Balaban J connectivity index is 1.92. The van der Waals surface area contributed by atoms with Crippen LogP contribution < -0.4 is 4.90 Å². The van der Waals surface area contributed by atoms with Crippen molar-refractivity contribution < 1.29 is 4.52 Å². The van der Waals surface area contributed by atoms with Crippen molar-refractivity contribution in [2.24, 2.45) is 5.92 Å². The first kappa shape index (κ1) is 12.8. The average Bonchev–Trinajstić information content (AvgIpc) is 2.78. The first-order valence-electron chi connectivity index (χ1n) is 6.32. The van der Waals surface area contributed by atoms with Gasteiger partial charge >= 0.3 is 0 Å². The summed E-state index contributed by atoms with van der Waals surface area (Å²) in [4.78, 5) is 8.83. The van der Waals surface area contributed by atoms with Gasteiger partial charge in [-0.2, -0.15) is 10.2 Å². The van der Waals surface area contributed by atoms with Crippen LogP contribution in [0.15, 0.2) is 4.52 Å². The van der Waals surface area contributed by atoms with Crippen molar-refractivity contribution in [3.05, 3.63) is 5.89 Å². The Labute approximate surface area is 107 Å². The summed E-state index contributed by atoms with van der Waals surface area (Å²) in [5.41, 5.74) is 0. The Kier molecular flexibility index (Phi) is 4.15. The van der Waals surface area contributed by atoms with E-state index in [-0.39, 0.29) is 5.92 Å². The lowest BCUT2D eigenvalue weighted by molar-refractivity contribution is 0.308. The predicted octanol–water partition coefficient (Wildman–Crippen LogP) is 0.914. The zero-order valence-corrected chi connectivity index (χ0v) is 11.0. The van der Waals surface area contributed by atoms with Crippen molar-refractivity contribution in [1.82, 2.24) is 15.0 Å². The van der Waals surface area contributed by atoms with Crippen LogP contribution in [0, 0.1) is 17.2 Å². The normalized spacial score (nSPS) is 18.6. The standard InChI is InChI=1S/C12H19N5O/c1-10(3-4-13)9-11-14-12(15-18-11)17-7-5-16(2)6-8-17/h10H,3,5-9H2,1-2H3. The molecule has 0 spiro atoms. The van der Waals surface area contributed by atoms with Gasteiger partial charge in [0, 0.05) is 39.0 Å². The predicted molar refractivity (Wildman–Crippen MR) is 67.1 cm³/mol. The summed E-state index contributed by atoms with van der Waals surface area (Å²) >= 11 is 0. The molecular formula is C12H19N5O. The van der Waals surface area contributed by atoms with E-state index >= 15 is 0 Å². The number of anilines is 1. The molecule has 0 aliphatic carbocycles. The number of rotatable bonds is 4. The van der Waals surface area contributed by atoms with Gasteiger partial charge in [0.2, 0.25) is 5.89 Å². The summed E-state index contributed by atoms with van der Waals surface area (Å²) in [7, 11) is 2.11. The molecule has 1 saturated heterocycles. The van der Waals surface area contributed by atoms with Crippen molar-refractivity contribution in [2.75, 3.05) is 38.1 Å². The summed E-state index contributed by atoms with van der Waals surface area (Å²) in [5.74, 6) is 1.57. The summed E-state index contributed by atoms with van der Waals surface area (Å²) < 4.78 is 5.24. The molecule has 6 heteroatoms. The largest absolute Gasteiger partial charge is 0.337 e. The average molecular weight is 249 g/mol. The van der Waals surface area contributed by atoms with E-state index in [0.29, 0.717) is 24.7 Å². The highest BCUT2D eigenvalue weighted by molar-refractivity contribution is 5.28. The first-order chi connectivity index (χ1) is 8.69. The monoisotopic (exact) mass is 249 g/mol. The highest BCUT2D eigenvalue weighted by Crippen LogP contribution is 2.15. The van der Waals surface area contributed by atoms with Crippen molar-refractivity contribution in [1.29, 1.82) is 5.26 Å². The SMILES string of the molecule is CC(CC#N)Cc1nc(N2CCN(C)CC2)no1. The number of nitrogens with zero attached hydrogens (tertiary/aromatic N) is 5. The molecule has 2 heterocycles. The second-order valence-corrected chi connectivity index (χ2v) is 4.95. The van der Waals surface area contributed by atoms with Gasteiger partial charge in [-0.1, -0.05) is 6.92 Å². The fourth-order valence-corrected chi connectivity index (χ4v) is 1.99. The van der Waals surface area contributed by atoms with E-state index < -0.39 is 0 Å². The third-order valence-corrected chi connectivity index (χ3v) is 3.21. The zero-order chi connectivity index (χ0) is 13.0. The highest BCUT2D eigenvalue weighted by Gasteiger charge is 2.19. The molecule has 2 rings (SSSR count). The number of hydrogen-bond donors (Lipinski definition) is 0. The quantitative estimate of drug-likeness (QED) is 0.790. The van der Waals surface area contributed by atoms with Crippen LogP contribution in [-0.4, -0.2) is 48.3 Å². The first-order valence-corrected chi connectivity index (χ1v) is 6.32. The van der Waals surface area contributed by atoms with Gasteiger partial charge in [0.05, 0.1) is 6.07 Å². The molecule has 1 aliphatic rings. The molecule has 18 heavy (non-hydrogen) atoms. The molecule has 1 aliphatic heterocycles. The lowest BCUT2D eigenvalue weighted by Crippen LogP contribution is -2.44. The Bertz CT molecular complexity index is 416. The van der Waals surface area contributed by atoms with E-state index in [9.17, 15) is 0 Å². The van der Waals surface area contributed by atoms with E-state index in [1.807, 2.05) is 6.92 Å². The molecule has 98 valence electrons. The lowest BCUT2D eigenvalue weighted by atomic mass is 10.1. The van der Waals surface area contributed by atoms with Crippen LogP contribution in [0.4, 0.5) is 5.95 Å². The van der Waals surface area contributed by atoms with Crippen LogP contribution in [-0.2, 0) is 6.42 Å². The molecule has 1 atom stereocenters. The number of nitriles is 1. The molecule has 0 N–H and O–H groups in total. The van der Waals surface area contributed by atoms with Crippen molar-refractivity contribution in [3.63, 3.8) is 0 Å². The maximum atomic E-state index is 8.62. The summed E-state index contributed by atoms with van der Waals surface area (Å²) in [6.07, 6.45) is 1.19. The minimum atomic E-state index is 0.260. The van der Waals surface area contributed by atoms with Gasteiger partial charge in [-0.3, -0.25) is 0 Å². The van der Waals surface area contributed by atoms with Crippen molar-refractivity contribution >= 4 is 5.95 Å². The molecule has 0 bridgehead atoms. The van der Waals surface area contributed by atoms with Gasteiger partial charge < -0.3 is 14.3 Å². The molecule has 0 radical (unpaired) electrons. The van der Waals surface area contributed by atoms with E-state index in [0.717, 1.165) is 26.2 Å². The second-order valence-electron chi connectivity index (χ2n) is 4.95. The van der Waals surface area contributed by atoms with Crippen LogP contribution in [0.1, 0.15) is 19.2 Å². The van der Waals surface area contributed by atoms with Crippen LogP contribution in [0.25, 0.3) is 0 Å². The van der Waals surface area contributed by atoms with E-state index in [1.54, 1.807) is 0 Å². The molecule has 0 aromatic carbocycles. The van der Waals surface area contributed by atoms with Crippen LogP contribution in [0.2, 0.25) is 0 Å². The maximum Gasteiger partial charge on any atom is 0.266 e. The van der Waals surface area contributed by atoms with Crippen LogP contribution in [0.5, 0.6) is 0 Å². The highest BCUT2D eigenvalue weighted by atomic mass is 16.5. The molecule has 6 nitrogen and oxygen atoms in total. The van der Waals surface area contributed by atoms with Crippen LogP contribution in [0.3, 0.4) is 0 Å². The van der Waals surface area contributed by atoms with Gasteiger partial charge in [-0.15, -0.1) is 0 Å². The van der Waals surface area contributed by atoms with E-state index in [4.69, 9.17) is 9.78 Å². The molecule has 1 fully saturated rings. The third-order valence-electron chi connectivity index (χ3n) is 3.21. The van der Waals surface area contributed by atoms with Gasteiger partial charge in [0.1, 0.15) is 0 Å². The number of piperazine rings is 1. The summed E-state index contributed by atoms with van der Waals surface area (Å²) in [6.45, 7) is 5.93. The minimum Gasteiger partial charge on any atom is -0.337 e. The smallest absolute Gasteiger partial charge is 0.266 e. The van der Waals surface area contributed by atoms with Gasteiger partial charge in [0.25, 0.3) is 5.95 Å². The van der Waals surface area contributed by atoms with E-state index in [2.05, 4.69) is 33.1 Å². The summed E-state index contributed by atoms with van der Waals surface area (Å²) in [5, 5.41) is 12.6. The maximum absolute atomic E-state index is 8.62. The van der Waals surface area contributed by atoms with Crippen LogP contribution >= 0.6 is 0 Å². The molecule has 1 aromatic heterocycles. The Hall–Kier alpha value is -1.61. The lowest BCUT2D eigenvalue weighted by Gasteiger charge is -2.31. The van der Waals surface area contributed by atoms with Crippen molar-refractivity contribution in [2.45, 2.75) is 19.8 Å². The molecule has 0 amide bonds. The Morgan fingerprint density at radius 1 is 1.39 bits per heavy atom. The molecule has 0 saturated carbocycles. The third kappa shape index (κ3) is 3.20. The molecule has 1 aromatic rings. The number of hydrogen-bond acceptors (Lipinski definition) is 6. The summed E-state index contributed by atoms with van der Waals surface area (Å²) in [6, 6.07) is 2.16. The van der Waals surface area contributed by atoms with Gasteiger partial charge in [-0.05, 0) is 18.1 Å². The number of aromatic nitrogens is 2. The fourth-order valence-electron chi connectivity index (χ4n) is 1.99. The molecule has 1 unspecified atom stereocenters. The minimum absolute atomic E-state index is 0.260. The topological polar surface area (TPSA) is 69.2 Å². The van der Waals surface area contributed by atoms with E-state index in [1.165, 1.54) is 0 Å². The Morgan fingerprint density at radius 3 is 2.78 bits per heavy atom. The van der Waals surface area contributed by atoms with Gasteiger partial charge in [0.15, 0.2) is 0 Å². The number of likely N-dealkylation sites (N-methyl/N-ethyl adjacent to an activating group) is 1.